The van der Waals surface area contributed by atoms with Crippen LogP contribution < -0.4 is 21.3 Å². The van der Waals surface area contributed by atoms with Gasteiger partial charge in [-0.25, -0.2) is 4.79 Å². The lowest BCUT2D eigenvalue weighted by atomic mass is 9.89. The Morgan fingerprint density at radius 3 is 2.09 bits per heavy atom. The fraction of sp³-hybridized carbons (Fsp3) is 0.160. The van der Waals surface area contributed by atoms with E-state index < -0.39 is 0 Å². The number of nitrogens with one attached hydrogen (secondary N) is 4. The Kier molecular flexibility index (Phi) is 6.46. The molecule has 4 N–H and O–H groups in total. The van der Waals surface area contributed by atoms with Crippen LogP contribution in [0.5, 0.6) is 0 Å². The van der Waals surface area contributed by atoms with E-state index in [-0.39, 0.29) is 30.2 Å². The lowest BCUT2D eigenvalue weighted by Gasteiger charge is -2.24. The second-order valence-electron chi connectivity index (χ2n) is 7.66. The van der Waals surface area contributed by atoms with Crippen molar-refractivity contribution in [3.8, 4) is 0 Å². The molecule has 0 saturated heterocycles. The summed E-state index contributed by atoms with van der Waals surface area (Å²) in [4.78, 5) is 36.7. The zero-order chi connectivity index (χ0) is 22.3. The van der Waals surface area contributed by atoms with Crippen molar-refractivity contribution in [3.63, 3.8) is 0 Å². The Morgan fingerprint density at radius 1 is 0.781 bits per heavy atom. The molecular weight excluding hydrogens is 404 g/mol. The van der Waals surface area contributed by atoms with Gasteiger partial charge in [0.25, 0.3) is 0 Å². The Bertz CT molecular complexity index is 1110. The van der Waals surface area contributed by atoms with Crippen molar-refractivity contribution in [1.82, 2.24) is 0 Å². The minimum atomic E-state index is -0.347. The standard InChI is InChI=1S/C25H24N4O3/c30-23(15-10-18-16-17-6-4-5-9-22(17)29-24(18)31)26-20-11-13-21(14-12-20)28-25(32)27-19-7-2-1-3-8-19/h1-9,11-14,18H,10,15-16H2,(H,26,30)(H,29,31)(H2,27,28,32). The largest absolute Gasteiger partial charge is 0.326 e. The molecule has 3 aromatic rings. The summed E-state index contributed by atoms with van der Waals surface area (Å²) < 4.78 is 0. The SMILES string of the molecule is O=C(CCC1Cc2ccccc2NC1=O)Nc1ccc(NC(=O)Nc2ccccc2)cc1. The average Bonchev–Trinajstić information content (AvgIpc) is 2.79. The highest BCUT2D eigenvalue weighted by Crippen LogP contribution is 2.27. The number of urea groups is 1. The highest BCUT2D eigenvalue weighted by Gasteiger charge is 2.26. The van der Waals surface area contributed by atoms with Crippen LogP contribution >= 0.6 is 0 Å². The highest BCUT2D eigenvalue weighted by molar-refractivity contribution is 6.00. The number of amides is 4. The minimum Gasteiger partial charge on any atom is -0.326 e. The van der Waals surface area contributed by atoms with Gasteiger partial charge in [0.1, 0.15) is 0 Å². The number of fused-ring (bicyclic) bond motifs is 1. The third kappa shape index (κ3) is 5.51. The van der Waals surface area contributed by atoms with Gasteiger partial charge >= 0.3 is 6.03 Å². The zero-order valence-electron chi connectivity index (χ0n) is 17.4. The molecule has 0 aliphatic carbocycles. The van der Waals surface area contributed by atoms with Crippen molar-refractivity contribution in [2.24, 2.45) is 5.92 Å². The Balaban J connectivity index is 1.24. The van der Waals surface area contributed by atoms with Crippen molar-refractivity contribution in [3.05, 3.63) is 84.4 Å². The van der Waals surface area contributed by atoms with E-state index in [4.69, 9.17) is 0 Å². The molecule has 4 rings (SSSR count). The van der Waals surface area contributed by atoms with Gasteiger partial charge in [0.2, 0.25) is 11.8 Å². The van der Waals surface area contributed by atoms with E-state index in [9.17, 15) is 14.4 Å². The molecule has 7 heteroatoms. The molecule has 0 aromatic heterocycles. The summed E-state index contributed by atoms with van der Waals surface area (Å²) in [6, 6.07) is 23.4. The summed E-state index contributed by atoms with van der Waals surface area (Å²) in [6.45, 7) is 0. The van der Waals surface area contributed by atoms with E-state index in [1.807, 2.05) is 42.5 Å². The number of benzene rings is 3. The molecule has 0 saturated carbocycles. The number of rotatable bonds is 6. The van der Waals surface area contributed by atoms with Gasteiger partial charge in [-0.2, -0.15) is 0 Å². The van der Waals surface area contributed by atoms with Gasteiger partial charge < -0.3 is 21.3 Å². The molecule has 0 spiro atoms. The highest BCUT2D eigenvalue weighted by atomic mass is 16.2. The van der Waals surface area contributed by atoms with Gasteiger partial charge in [0.05, 0.1) is 0 Å². The first-order chi connectivity index (χ1) is 15.6. The monoisotopic (exact) mass is 428 g/mol. The molecular formula is C25H24N4O3. The first kappa shape index (κ1) is 21.1. The van der Waals surface area contributed by atoms with Crippen LogP contribution in [0.4, 0.5) is 27.5 Å². The normalized spacial score (nSPS) is 14.6. The number of hydrogen-bond acceptors (Lipinski definition) is 3. The molecule has 0 radical (unpaired) electrons. The molecule has 3 aromatic carbocycles. The van der Waals surface area contributed by atoms with Gasteiger partial charge in [-0.05, 0) is 60.9 Å². The first-order valence-electron chi connectivity index (χ1n) is 10.5. The van der Waals surface area contributed by atoms with Crippen LogP contribution in [0.1, 0.15) is 18.4 Å². The second-order valence-corrected chi connectivity index (χ2v) is 7.66. The van der Waals surface area contributed by atoms with Crippen molar-refractivity contribution in [2.45, 2.75) is 19.3 Å². The van der Waals surface area contributed by atoms with Crippen molar-refractivity contribution < 1.29 is 14.4 Å². The van der Waals surface area contributed by atoms with Crippen LogP contribution in [0.15, 0.2) is 78.9 Å². The van der Waals surface area contributed by atoms with Gasteiger partial charge in [0.15, 0.2) is 0 Å². The first-order valence-corrected chi connectivity index (χ1v) is 10.5. The zero-order valence-corrected chi connectivity index (χ0v) is 17.4. The smallest absolute Gasteiger partial charge is 0.323 e. The fourth-order valence-electron chi connectivity index (χ4n) is 3.63. The Morgan fingerprint density at radius 2 is 1.38 bits per heavy atom. The van der Waals surface area contributed by atoms with Crippen LogP contribution in [-0.2, 0) is 16.0 Å². The van der Waals surface area contributed by atoms with Crippen LogP contribution in [0.2, 0.25) is 0 Å². The van der Waals surface area contributed by atoms with Crippen molar-refractivity contribution >= 4 is 40.6 Å². The molecule has 1 aliphatic heterocycles. The lowest BCUT2D eigenvalue weighted by molar-refractivity contribution is -0.121. The summed E-state index contributed by atoms with van der Waals surface area (Å²) in [5.74, 6) is -0.412. The molecule has 4 amide bonds. The predicted octanol–water partition coefficient (Wildman–Crippen LogP) is 4.86. The van der Waals surface area contributed by atoms with Gasteiger partial charge in [-0.15, -0.1) is 0 Å². The molecule has 1 heterocycles. The summed E-state index contributed by atoms with van der Waals surface area (Å²) in [5.41, 5.74) is 3.88. The van der Waals surface area contributed by atoms with Gasteiger partial charge in [0, 0.05) is 35.1 Å². The van der Waals surface area contributed by atoms with Gasteiger partial charge in [-0.1, -0.05) is 36.4 Å². The predicted molar refractivity (Wildman–Crippen MR) is 126 cm³/mol. The van der Waals surface area contributed by atoms with Gasteiger partial charge in [-0.3, -0.25) is 9.59 Å². The topological polar surface area (TPSA) is 99.3 Å². The van der Waals surface area contributed by atoms with Crippen LogP contribution in [0.25, 0.3) is 0 Å². The third-order valence-corrected chi connectivity index (χ3v) is 5.29. The van der Waals surface area contributed by atoms with E-state index in [1.54, 1.807) is 36.4 Å². The minimum absolute atomic E-state index is 0.0410. The van der Waals surface area contributed by atoms with Crippen molar-refractivity contribution in [1.29, 1.82) is 0 Å². The molecule has 0 fully saturated rings. The number of carbonyl (C=O) groups excluding carboxylic acids is 3. The molecule has 1 aliphatic rings. The van der Waals surface area contributed by atoms with E-state index in [0.717, 1.165) is 11.3 Å². The fourth-order valence-corrected chi connectivity index (χ4v) is 3.63. The molecule has 1 unspecified atom stereocenters. The van der Waals surface area contributed by atoms with Crippen LogP contribution in [0.3, 0.4) is 0 Å². The molecule has 162 valence electrons. The van der Waals surface area contributed by atoms with E-state index in [1.165, 1.54) is 0 Å². The summed E-state index contributed by atoms with van der Waals surface area (Å²) in [5, 5.41) is 11.2. The summed E-state index contributed by atoms with van der Waals surface area (Å²) in [7, 11) is 0. The van der Waals surface area contributed by atoms with Crippen LogP contribution in [-0.4, -0.2) is 17.8 Å². The van der Waals surface area contributed by atoms with E-state index in [2.05, 4.69) is 21.3 Å². The second kappa shape index (κ2) is 9.78. The van der Waals surface area contributed by atoms with Crippen molar-refractivity contribution in [2.75, 3.05) is 21.3 Å². The molecule has 1 atom stereocenters. The third-order valence-electron chi connectivity index (χ3n) is 5.29. The quantitative estimate of drug-likeness (QED) is 0.451. The molecule has 0 bridgehead atoms. The molecule has 7 nitrogen and oxygen atoms in total. The number of carbonyl (C=O) groups is 3. The maximum absolute atomic E-state index is 12.4. The number of anilines is 4. The van der Waals surface area contributed by atoms with Crippen LogP contribution in [0, 0.1) is 5.92 Å². The summed E-state index contributed by atoms with van der Waals surface area (Å²) in [6.07, 6.45) is 1.37. The lowest BCUT2D eigenvalue weighted by Crippen LogP contribution is -2.30. The van der Waals surface area contributed by atoms with E-state index in [0.29, 0.717) is 29.9 Å². The maximum atomic E-state index is 12.4. The Labute approximate surface area is 186 Å². The maximum Gasteiger partial charge on any atom is 0.323 e. The number of hydrogen-bond donors (Lipinski definition) is 4. The molecule has 32 heavy (non-hydrogen) atoms. The number of para-hydroxylation sites is 2. The summed E-state index contributed by atoms with van der Waals surface area (Å²) >= 11 is 0. The Hall–Kier alpha value is -4.13. The van der Waals surface area contributed by atoms with E-state index >= 15 is 0 Å². The average molecular weight is 428 g/mol.